The lowest BCUT2D eigenvalue weighted by atomic mass is 9.90. The van der Waals surface area contributed by atoms with Crippen molar-refractivity contribution in [3.05, 3.63) is 66.0 Å². The van der Waals surface area contributed by atoms with Crippen molar-refractivity contribution in [2.24, 2.45) is 0 Å². The maximum absolute atomic E-state index is 5.40. The summed E-state index contributed by atoms with van der Waals surface area (Å²) in [6.07, 6.45) is 6.74. The minimum absolute atomic E-state index is 0.273. The van der Waals surface area contributed by atoms with Crippen molar-refractivity contribution in [2.75, 3.05) is 20.2 Å². The van der Waals surface area contributed by atoms with Gasteiger partial charge in [-0.15, -0.1) is 0 Å². The van der Waals surface area contributed by atoms with E-state index in [1.165, 1.54) is 11.3 Å². The van der Waals surface area contributed by atoms with Crippen LogP contribution in [-0.4, -0.2) is 44.8 Å². The van der Waals surface area contributed by atoms with E-state index in [0.717, 1.165) is 44.0 Å². The van der Waals surface area contributed by atoms with Gasteiger partial charge in [-0.05, 0) is 30.2 Å². The normalized spacial score (nSPS) is 17.4. The minimum Gasteiger partial charge on any atom is -0.497 e. The third-order valence-electron chi connectivity index (χ3n) is 4.82. The molecule has 6 nitrogen and oxygen atoms in total. The number of hydrogen-bond donors (Lipinski definition) is 1. The number of H-pyrrole nitrogens is 1. The summed E-state index contributed by atoms with van der Waals surface area (Å²) in [5, 5.41) is 4.28. The summed E-state index contributed by atoms with van der Waals surface area (Å²) in [4.78, 5) is 10.4. The van der Waals surface area contributed by atoms with Crippen LogP contribution >= 0.6 is 0 Å². The molecule has 0 radical (unpaired) electrons. The van der Waals surface area contributed by atoms with Crippen LogP contribution in [0.2, 0.25) is 0 Å². The van der Waals surface area contributed by atoms with Gasteiger partial charge in [0.25, 0.3) is 0 Å². The first-order valence-corrected chi connectivity index (χ1v) is 8.69. The number of benzene rings is 1. The van der Waals surface area contributed by atoms with Crippen molar-refractivity contribution >= 4 is 0 Å². The van der Waals surface area contributed by atoms with Gasteiger partial charge in [0.2, 0.25) is 0 Å². The largest absolute Gasteiger partial charge is 0.497 e. The Morgan fingerprint density at radius 3 is 3.08 bits per heavy atom. The predicted octanol–water partition coefficient (Wildman–Crippen LogP) is 2.65. The quantitative estimate of drug-likeness (QED) is 0.751. The summed E-state index contributed by atoms with van der Waals surface area (Å²) in [6, 6.07) is 10.3. The number of hydrogen-bond acceptors (Lipinski definition) is 4. The monoisotopic (exact) mass is 337 g/mol. The number of nitrogens with zero attached hydrogens (tertiary/aromatic N) is 4. The van der Waals surface area contributed by atoms with Crippen LogP contribution in [0.4, 0.5) is 0 Å². The second kappa shape index (κ2) is 7.11. The van der Waals surface area contributed by atoms with E-state index >= 15 is 0 Å². The Kier molecular flexibility index (Phi) is 4.52. The first kappa shape index (κ1) is 15.9. The number of imidazole rings is 1. The van der Waals surface area contributed by atoms with Crippen LogP contribution in [0.1, 0.15) is 29.3 Å². The number of ether oxygens (including phenoxy) is 1. The van der Waals surface area contributed by atoms with Crippen LogP contribution < -0.4 is 4.74 Å². The molecule has 1 aliphatic rings. The zero-order valence-electron chi connectivity index (χ0n) is 14.4. The molecular weight excluding hydrogens is 314 g/mol. The molecule has 0 saturated heterocycles. The van der Waals surface area contributed by atoms with Crippen LogP contribution in [0.25, 0.3) is 0 Å². The van der Waals surface area contributed by atoms with E-state index in [4.69, 9.17) is 4.74 Å². The van der Waals surface area contributed by atoms with E-state index in [2.05, 4.69) is 38.2 Å². The summed E-state index contributed by atoms with van der Waals surface area (Å²) >= 11 is 0. The van der Waals surface area contributed by atoms with Gasteiger partial charge in [-0.1, -0.05) is 12.1 Å². The van der Waals surface area contributed by atoms with Gasteiger partial charge in [-0.2, -0.15) is 5.10 Å². The number of fused-ring (bicyclic) bond motifs is 1. The predicted molar refractivity (Wildman–Crippen MR) is 95.5 cm³/mol. The molecule has 25 heavy (non-hydrogen) atoms. The molecule has 0 bridgehead atoms. The van der Waals surface area contributed by atoms with Gasteiger partial charge in [-0.3, -0.25) is 9.58 Å². The SMILES string of the molecule is COc1cccc(C2CN(CCCn3cccn3)Cc3[nH]cnc32)c1. The van der Waals surface area contributed by atoms with Crippen LogP contribution in [0.5, 0.6) is 5.75 Å². The van der Waals surface area contributed by atoms with Crippen molar-refractivity contribution in [1.29, 1.82) is 0 Å². The van der Waals surface area contributed by atoms with Crippen LogP contribution in [0.3, 0.4) is 0 Å². The molecule has 1 unspecified atom stereocenters. The van der Waals surface area contributed by atoms with Crippen molar-refractivity contribution < 1.29 is 4.74 Å². The van der Waals surface area contributed by atoms with E-state index in [1.807, 2.05) is 35.5 Å². The summed E-state index contributed by atoms with van der Waals surface area (Å²) in [5.74, 6) is 1.17. The molecule has 3 heterocycles. The minimum atomic E-state index is 0.273. The highest BCUT2D eigenvalue weighted by atomic mass is 16.5. The van der Waals surface area contributed by atoms with E-state index in [1.54, 1.807) is 7.11 Å². The molecule has 0 spiro atoms. The molecule has 3 aromatic rings. The fourth-order valence-electron chi connectivity index (χ4n) is 3.57. The first-order valence-electron chi connectivity index (χ1n) is 8.69. The molecular formula is C19H23N5O. The standard InChI is InChI=1S/C19H23N5O/c1-25-16-6-2-5-15(11-16)17-12-23(13-18-19(17)21-14-20-18)8-4-10-24-9-3-7-22-24/h2-3,5-7,9,11,14,17H,4,8,10,12-13H2,1H3,(H,20,21). The molecule has 0 saturated carbocycles. The van der Waals surface area contributed by atoms with Gasteiger partial charge in [-0.25, -0.2) is 4.98 Å². The zero-order valence-corrected chi connectivity index (χ0v) is 14.4. The molecule has 1 N–H and O–H groups in total. The number of nitrogens with one attached hydrogen (secondary N) is 1. The van der Waals surface area contributed by atoms with Crippen molar-refractivity contribution in [3.63, 3.8) is 0 Å². The summed E-state index contributed by atoms with van der Waals surface area (Å²) in [7, 11) is 1.71. The molecule has 0 aliphatic carbocycles. The van der Waals surface area contributed by atoms with Crippen LogP contribution in [0, 0.1) is 0 Å². The van der Waals surface area contributed by atoms with Crippen molar-refractivity contribution in [1.82, 2.24) is 24.6 Å². The summed E-state index contributed by atoms with van der Waals surface area (Å²) in [5.41, 5.74) is 3.64. The molecule has 6 heteroatoms. The Hall–Kier alpha value is -2.60. The van der Waals surface area contributed by atoms with Gasteiger partial charge in [0.15, 0.2) is 0 Å². The average molecular weight is 337 g/mol. The number of aromatic amines is 1. The van der Waals surface area contributed by atoms with Gasteiger partial charge >= 0.3 is 0 Å². The molecule has 130 valence electrons. The Morgan fingerprint density at radius 2 is 2.24 bits per heavy atom. The van der Waals surface area contributed by atoms with Gasteiger partial charge in [0, 0.05) is 44.5 Å². The first-order chi connectivity index (χ1) is 12.3. The molecule has 1 aliphatic heterocycles. The Balaban J connectivity index is 1.49. The zero-order chi connectivity index (χ0) is 17.1. The Morgan fingerprint density at radius 1 is 1.28 bits per heavy atom. The van der Waals surface area contributed by atoms with Gasteiger partial charge in [0.1, 0.15) is 5.75 Å². The highest BCUT2D eigenvalue weighted by Crippen LogP contribution is 2.32. The fourth-order valence-corrected chi connectivity index (χ4v) is 3.57. The highest BCUT2D eigenvalue weighted by Gasteiger charge is 2.28. The number of aryl methyl sites for hydroxylation is 1. The van der Waals surface area contributed by atoms with Crippen molar-refractivity contribution in [3.8, 4) is 5.75 Å². The Labute approximate surface area is 147 Å². The lowest BCUT2D eigenvalue weighted by Gasteiger charge is -2.32. The highest BCUT2D eigenvalue weighted by molar-refractivity contribution is 5.37. The van der Waals surface area contributed by atoms with Gasteiger partial charge < -0.3 is 9.72 Å². The van der Waals surface area contributed by atoms with Gasteiger partial charge in [0.05, 0.1) is 24.8 Å². The molecule has 1 aromatic carbocycles. The van der Waals surface area contributed by atoms with Crippen molar-refractivity contribution in [2.45, 2.75) is 25.4 Å². The number of rotatable bonds is 6. The molecule has 1 atom stereocenters. The van der Waals surface area contributed by atoms with E-state index in [0.29, 0.717) is 0 Å². The topological polar surface area (TPSA) is 59.0 Å². The third kappa shape index (κ3) is 3.44. The molecule has 4 rings (SSSR count). The second-order valence-electron chi connectivity index (χ2n) is 6.45. The lowest BCUT2D eigenvalue weighted by Crippen LogP contribution is -2.35. The molecule has 0 amide bonds. The maximum Gasteiger partial charge on any atom is 0.119 e. The van der Waals surface area contributed by atoms with E-state index < -0.39 is 0 Å². The maximum atomic E-state index is 5.40. The van der Waals surface area contributed by atoms with E-state index in [-0.39, 0.29) is 5.92 Å². The van der Waals surface area contributed by atoms with Crippen LogP contribution in [-0.2, 0) is 13.1 Å². The fraction of sp³-hybridized carbons (Fsp3) is 0.368. The summed E-state index contributed by atoms with van der Waals surface area (Å²) in [6.45, 7) is 3.89. The summed E-state index contributed by atoms with van der Waals surface area (Å²) < 4.78 is 7.39. The second-order valence-corrected chi connectivity index (χ2v) is 6.45. The molecule has 2 aromatic heterocycles. The number of methoxy groups -OCH3 is 1. The van der Waals surface area contributed by atoms with Crippen LogP contribution in [0.15, 0.2) is 49.1 Å². The molecule has 0 fully saturated rings. The average Bonchev–Trinajstić information content (AvgIpc) is 3.32. The van der Waals surface area contributed by atoms with E-state index in [9.17, 15) is 0 Å². The lowest BCUT2D eigenvalue weighted by molar-refractivity contribution is 0.228. The number of aromatic nitrogens is 4. The Bertz CT molecular complexity index is 811. The smallest absolute Gasteiger partial charge is 0.119 e. The third-order valence-corrected chi connectivity index (χ3v) is 4.82.